The smallest absolute Gasteiger partial charge is 0.151 e. The van der Waals surface area contributed by atoms with E-state index in [2.05, 4.69) is 15.3 Å². The van der Waals surface area contributed by atoms with Gasteiger partial charge in [-0.2, -0.15) is 0 Å². The fourth-order valence-electron chi connectivity index (χ4n) is 1.53. The summed E-state index contributed by atoms with van der Waals surface area (Å²) in [6, 6.07) is -0.307. The average molecular weight is 257 g/mol. The molecule has 1 N–H and O–H groups in total. The highest BCUT2D eigenvalue weighted by atomic mass is 32.2. The van der Waals surface area contributed by atoms with Gasteiger partial charge in [-0.3, -0.25) is 9.97 Å². The highest BCUT2D eigenvalue weighted by Crippen LogP contribution is 2.19. The first-order chi connectivity index (χ1) is 7.96. The lowest BCUT2D eigenvalue weighted by molar-refractivity contribution is 0.490. The van der Waals surface area contributed by atoms with E-state index in [0.717, 1.165) is 13.0 Å². The van der Waals surface area contributed by atoms with E-state index in [9.17, 15) is 8.42 Å². The van der Waals surface area contributed by atoms with Gasteiger partial charge in [0, 0.05) is 18.6 Å². The van der Waals surface area contributed by atoms with Gasteiger partial charge in [-0.15, -0.1) is 0 Å². The lowest BCUT2D eigenvalue weighted by Crippen LogP contribution is -2.36. The molecule has 0 bridgehead atoms. The Labute approximate surface area is 103 Å². The zero-order valence-corrected chi connectivity index (χ0v) is 11.2. The van der Waals surface area contributed by atoms with E-state index < -0.39 is 15.1 Å². The molecule has 6 heteroatoms. The number of nitrogens with one attached hydrogen (secondary N) is 1. The zero-order valence-electron chi connectivity index (χ0n) is 10.4. The minimum atomic E-state index is -3.11. The van der Waals surface area contributed by atoms with E-state index in [1.807, 2.05) is 6.92 Å². The zero-order chi connectivity index (χ0) is 12.9. The van der Waals surface area contributed by atoms with E-state index in [1.54, 1.807) is 25.5 Å². The fourth-order valence-corrected chi connectivity index (χ4v) is 2.26. The van der Waals surface area contributed by atoms with E-state index >= 15 is 0 Å². The summed E-state index contributed by atoms with van der Waals surface area (Å²) < 4.78 is 23.2. The standard InChI is InChI=1S/C11H19N3O2S/c1-4-5-14-11(9(2)17(3,15)16)10-8-12-6-7-13-10/h6-9,11,14H,4-5H2,1-3H3. The second kappa shape index (κ2) is 6.07. The molecular weight excluding hydrogens is 238 g/mol. The molecule has 96 valence electrons. The Morgan fingerprint density at radius 2 is 2.12 bits per heavy atom. The van der Waals surface area contributed by atoms with Gasteiger partial charge in [0.15, 0.2) is 9.84 Å². The second-order valence-electron chi connectivity index (χ2n) is 4.10. The molecule has 0 aliphatic carbocycles. The van der Waals surface area contributed by atoms with Crippen molar-refractivity contribution in [1.82, 2.24) is 15.3 Å². The highest BCUT2D eigenvalue weighted by molar-refractivity contribution is 7.91. The van der Waals surface area contributed by atoms with Gasteiger partial charge in [0.25, 0.3) is 0 Å². The summed E-state index contributed by atoms with van der Waals surface area (Å²) >= 11 is 0. The number of nitrogens with zero attached hydrogens (tertiary/aromatic N) is 2. The van der Waals surface area contributed by atoms with Crippen molar-refractivity contribution < 1.29 is 8.42 Å². The number of hydrogen-bond acceptors (Lipinski definition) is 5. The highest BCUT2D eigenvalue weighted by Gasteiger charge is 2.27. The maximum atomic E-state index is 11.6. The van der Waals surface area contributed by atoms with Crippen LogP contribution in [0.15, 0.2) is 18.6 Å². The van der Waals surface area contributed by atoms with Gasteiger partial charge in [-0.1, -0.05) is 6.92 Å². The molecule has 1 heterocycles. The summed E-state index contributed by atoms with van der Waals surface area (Å²) in [5.74, 6) is 0. The molecule has 0 aliphatic rings. The van der Waals surface area contributed by atoms with Crippen molar-refractivity contribution in [2.24, 2.45) is 0 Å². The number of rotatable bonds is 6. The molecule has 1 aromatic heterocycles. The van der Waals surface area contributed by atoms with Crippen LogP contribution in [-0.4, -0.2) is 36.4 Å². The Hall–Kier alpha value is -1.01. The van der Waals surface area contributed by atoms with Crippen LogP contribution in [0.1, 0.15) is 32.0 Å². The van der Waals surface area contributed by atoms with Crippen molar-refractivity contribution in [1.29, 1.82) is 0 Å². The summed E-state index contributed by atoms with van der Waals surface area (Å²) in [6.45, 7) is 4.48. The van der Waals surface area contributed by atoms with Crippen molar-refractivity contribution in [3.05, 3.63) is 24.3 Å². The third-order valence-corrected chi connectivity index (χ3v) is 4.28. The lowest BCUT2D eigenvalue weighted by Gasteiger charge is -2.23. The maximum Gasteiger partial charge on any atom is 0.151 e. The van der Waals surface area contributed by atoms with Crippen LogP contribution in [0.5, 0.6) is 0 Å². The van der Waals surface area contributed by atoms with Crippen molar-refractivity contribution in [2.75, 3.05) is 12.8 Å². The van der Waals surface area contributed by atoms with Gasteiger partial charge < -0.3 is 5.32 Å². The number of aromatic nitrogens is 2. The molecule has 0 fully saturated rings. The molecule has 1 aromatic rings. The third-order valence-electron chi connectivity index (χ3n) is 2.66. The topological polar surface area (TPSA) is 72.0 Å². The molecule has 0 amide bonds. The van der Waals surface area contributed by atoms with E-state index in [0.29, 0.717) is 5.69 Å². The molecule has 0 aliphatic heterocycles. The first-order valence-electron chi connectivity index (χ1n) is 5.65. The molecular formula is C11H19N3O2S. The lowest BCUT2D eigenvalue weighted by atomic mass is 10.1. The third kappa shape index (κ3) is 4.05. The summed E-state index contributed by atoms with van der Waals surface area (Å²) in [7, 11) is -3.11. The number of sulfone groups is 1. The van der Waals surface area contributed by atoms with Crippen LogP contribution in [-0.2, 0) is 9.84 Å². The Bertz CT molecular complexity index is 433. The second-order valence-corrected chi connectivity index (χ2v) is 6.50. The fraction of sp³-hybridized carbons (Fsp3) is 0.636. The first-order valence-corrected chi connectivity index (χ1v) is 7.60. The van der Waals surface area contributed by atoms with Crippen molar-refractivity contribution in [3.8, 4) is 0 Å². The molecule has 0 radical (unpaired) electrons. The summed E-state index contributed by atoms with van der Waals surface area (Å²) in [5, 5.41) is 2.69. The SMILES string of the molecule is CCCNC(c1cnccn1)C(C)S(C)(=O)=O. The van der Waals surface area contributed by atoms with Crippen LogP contribution in [0.2, 0.25) is 0 Å². The van der Waals surface area contributed by atoms with Crippen LogP contribution in [0.3, 0.4) is 0 Å². The summed E-state index contributed by atoms with van der Waals surface area (Å²) in [5.41, 5.74) is 0.666. The maximum absolute atomic E-state index is 11.6. The molecule has 0 spiro atoms. The molecule has 2 atom stereocenters. The van der Waals surface area contributed by atoms with Gasteiger partial charge in [-0.05, 0) is 19.9 Å². The largest absolute Gasteiger partial charge is 0.308 e. The Kier molecular flexibility index (Phi) is 5.02. The normalized spacial score (nSPS) is 15.5. The predicted octanol–water partition coefficient (Wildman–Crippen LogP) is 0.950. The van der Waals surface area contributed by atoms with Crippen LogP contribution >= 0.6 is 0 Å². The first kappa shape index (κ1) is 14.1. The summed E-state index contributed by atoms with van der Waals surface area (Å²) in [4.78, 5) is 8.16. The Balaban J connectivity index is 2.96. The van der Waals surface area contributed by atoms with Crippen LogP contribution < -0.4 is 5.32 Å². The predicted molar refractivity (Wildman–Crippen MR) is 67.4 cm³/mol. The monoisotopic (exact) mass is 257 g/mol. The molecule has 17 heavy (non-hydrogen) atoms. The van der Waals surface area contributed by atoms with Crippen LogP contribution in [0.25, 0.3) is 0 Å². The molecule has 1 rings (SSSR count). The Morgan fingerprint density at radius 1 is 1.41 bits per heavy atom. The molecule has 5 nitrogen and oxygen atoms in total. The van der Waals surface area contributed by atoms with Gasteiger partial charge >= 0.3 is 0 Å². The Morgan fingerprint density at radius 3 is 2.59 bits per heavy atom. The van der Waals surface area contributed by atoms with Gasteiger partial charge in [0.1, 0.15) is 0 Å². The minimum Gasteiger partial charge on any atom is -0.308 e. The molecule has 0 saturated carbocycles. The van der Waals surface area contributed by atoms with Gasteiger partial charge in [0.2, 0.25) is 0 Å². The molecule has 2 unspecified atom stereocenters. The van der Waals surface area contributed by atoms with Crippen molar-refractivity contribution in [3.63, 3.8) is 0 Å². The van der Waals surface area contributed by atoms with Crippen LogP contribution in [0, 0.1) is 0 Å². The van der Waals surface area contributed by atoms with Gasteiger partial charge in [-0.25, -0.2) is 8.42 Å². The van der Waals surface area contributed by atoms with E-state index in [1.165, 1.54) is 6.26 Å². The minimum absolute atomic E-state index is 0.307. The number of hydrogen-bond donors (Lipinski definition) is 1. The van der Waals surface area contributed by atoms with Crippen LogP contribution in [0.4, 0.5) is 0 Å². The quantitative estimate of drug-likeness (QED) is 0.821. The van der Waals surface area contributed by atoms with Gasteiger partial charge in [0.05, 0.1) is 23.2 Å². The molecule has 0 saturated heterocycles. The van der Waals surface area contributed by atoms with Crippen molar-refractivity contribution >= 4 is 9.84 Å². The molecule has 0 aromatic carbocycles. The average Bonchev–Trinajstić information content (AvgIpc) is 2.29. The van der Waals surface area contributed by atoms with E-state index in [4.69, 9.17) is 0 Å². The summed E-state index contributed by atoms with van der Waals surface area (Å²) in [6.07, 6.45) is 6.94. The van der Waals surface area contributed by atoms with E-state index in [-0.39, 0.29) is 6.04 Å². The van der Waals surface area contributed by atoms with Crippen molar-refractivity contribution in [2.45, 2.75) is 31.6 Å².